The predicted octanol–water partition coefficient (Wildman–Crippen LogP) is 8.12. The van der Waals surface area contributed by atoms with Crippen LogP contribution in [0.15, 0.2) is 90.8 Å². The molecule has 0 amide bonds. The summed E-state index contributed by atoms with van der Waals surface area (Å²) in [5, 5.41) is 13.3. The Morgan fingerprint density at radius 3 is 2.46 bits per heavy atom. The first-order chi connectivity index (χ1) is 16.6. The lowest BCUT2D eigenvalue weighted by atomic mass is 9.64. The lowest BCUT2D eigenvalue weighted by Crippen LogP contribution is -2.43. The zero-order chi connectivity index (χ0) is 25.6. The maximum atomic E-state index is 13.0. The Morgan fingerprint density at radius 2 is 1.91 bits per heavy atom. The van der Waals surface area contributed by atoms with Gasteiger partial charge in [0, 0.05) is 23.7 Å². The van der Waals surface area contributed by atoms with Crippen LogP contribution >= 0.6 is 11.6 Å². The lowest BCUT2D eigenvalue weighted by molar-refractivity contribution is -0.137. The van der Waals surface area contributed by atoms with Crippen molar-refractivity contribution in [1.29, 1.82) is 5.41 Å². The molecule has 2 N–H and O–H groups in total. The monoisotopic (exact) mass is 498 g/mol. The Morgan fingerprint density at radius 1 is 1.20 bits per heavy atom. The molecule has 184 valence electrons. The number of aryl methyl sites for hydroxylation is 1. The first-order valence-corrected chi connectivity index (χ1v) is 11.9. The molecular weight excluding hydrogens is 469 g/mol. The topological polar surface area (TPSA) is 35.9 Å². The second-order valence-corrected chi connectivity index (χ2v) is 9.35. The first kappa shape index (κ1) is 26.6. The van der Waals surface area contributed by atoms with Gasteiger partial charge in [-0.2, -0.15) is 13.2 Å². The molecule has 1 aliphatic rings. The Balaban J connectivity index is 1.99. The average Bonchev–Trinajstić information content (AvgIpc) is 2.85. The van der Waals surface area contributed by atoms with E-state index in [4.69, 9.17) is 11.6 Å². The van der Waals surface area contributed by atoms with E-state index in [0.717, 1.165) is 35.4 Å². The molecule has 0 radical (unpaired) electrons. The van der Waals surface area contributed by atoms with Gasteiger partial charge < -0.3 is 10.7 Å². The van der Waals surface area contributed by atoms with Crippen molar-refractivity contribution in [3.8, 4) is 0 Å². The van der Waals surface area contributed by atoms with Crippen LogP contribution in [0.3, 0.4) is 0 Å². The number of halogens is 4. The summed E-state index contributed by atoms with van der Waals surface area (Å²) < 4.78 is 38.9. The van der Waals surface area contributed by atoms with Crippen molar-refractivity contribution in [3.05, 3.63) is 113 Å². The Labute approximate surface area is 210 Å². The van der Waals surface area contributed by atoms with Crippen LogP contribution in [0.4, 0.5) is 13.2 Å². The summed E-state index contributed by atoms with van der Waals surface area (Å²) in [5.41, 5.74) is 4.52. The van der Waals surface area contributed by atoms with Crippen LogP contribution in [0, 0.1) is 16.7 Å². The van der Waals surface area contributed by atoms with Crippen LogP contribution in [0.25, 0.3) is 0 Å². The smallest absolute Gasteiger partial charge is 0.384 e. The average molecular weight is 499 g/mol. The van der Waals surface area contributed by atoms with Gasteiger partial charge in [-0.3, -0.25) is 0 Å². The molecule has 0 aromatic heterocycles. The minimum atomic E-state index is -4.37. The predicted molar refractivity (Wildman–Crippen MR) is 138 cm³/mol. The molecule has 0 spiro atoms. The zero-order valence-electron chi connectivity index (χ0n) is 19.9. The summed E-state index contributed by atoms with van der Waals surface area (Å²) in [4.78, 5) is 0. The van der Waals surface area contributed by atoms with Crippen molar-refractivity contribution in [3.63, 3.8) is 0 Å². The van der Waals surface area contributed by atoms with E-state index in [1.54, 1.807) is 13.1 Å². The number of alkyl halides is 3. The van der Waals surface area contributed by atoms with E-state index in [1.165, 1.54) is 12.1 Å². The summed E-state index contributed by atoms with van der Waals surface area (Å²) >= 11 is 6.31. The number of benzene rings is 2. The van der Waals surface area contributed by atoms with Gasteiger partial charge in [-0.05, 0) is 67.5 Å². The number of hydrogen-bond acceptors (Lipinski definition) is 2. The van der Waals surface area contributed by atoms with E-state index in [0.29, 0.717) is 23.6 Å². The lowest BCUT2D eigenvalue weighted by Gasteiger charge is -2.41. The van der Waals surface area contributed by atoms with Gasteiger partial charge in [0.25, 0.3) is 0 Å². The Hall–Kier alpha value is -3.01. The number of nitrogens with one attached hydrogen (secondary N) is 2. The van der Waals surface area contributed by atoms with E-state index in [2.05, 4.69) is 29.8 Å². The fourth-order valence-electron chi connectivity index (χ4n) is 4.79. The van der Waals surface area contributed by atoms with Gasteiger partial charge in [-0.1, -0.05) is 66.7 Å². The molecule has 2 aromatic carbocycles. The van der Waals surface area contributed by atoms with Gasteiger partial charge in [0.05, 0.1) is 16.7 Å². The highest BCUT2D eigenvalue weighted by Gasteiger charge is 2.43. The molecule has 2 aromatic rings. The normalized spacial score (nSPS) is 17.8. The highest BCUT2D eigenvalue weighted by atomic mass is 35.5. The summed E-state index contributed by atoms with van der Waals surface area (Å²) in [6, 6.07) is 12.7. The zero-order valence-corrected chi connectivity index (χ0v) is 20.7. The summed E-state index contributed by atoms with van der Waals surface area (Å²) in [6.07, 6.45) is 5.64. The second-order valence-electron chi connectivity index (χ2n) is 8.91. The third-order valence-corrected chi connectivity index (χ3v) is 7.07. The first-order valence-electron chi connectivity index (χ1n) is 11.5. The Kier molecular flexibility index (Phi) is 8.47. The third-order valence-electron chi connectivity index (χ3n) is 6.83. The van der Waals surface area contributed by atoms with Crippen molar-refractivity contribution in [2.24, 2.45) is 11.3 Å². The molecule has 2 unspecified atom stereocenters. The molecule has 0 aliphatic heterocycles. The van der Waals surface area contributed by atoms with Crippen LogP contribution in [0.2, 0.25) is 5.02 Å². The molecule has 6 heteroatoms. The molecule has 3 rings (SSSR count). The van der Waals surface area contributed by atoms with E-state index >= 15 is 0 Å². The van der Waals surface area contributed by atoms with Gasteiger partial charge in [0.2, 0.25) is 0 Å². The van der Waals surface area contributed by atoms with E-state index < -0.39 is 17.2 Å². The van der Waals surface area contributed by atoms with E-state index in [9.17, 15) is 18.6 Å². The second kappa shape index (κ2) is 11.2. The third kappa shape index (κ3) is 5.98. The minimum absolute atomic E-state index is 0.0180. The largest absolute Gasteiger partial charge is 0.416 e. The summed E-state index contributed by atoms with van der Waals surface area (Å²) in [6.45, 7) is 5.90. The van der Waals surface area contributed by atoms with E-state index in [-0.39, 0.29) is 11.8 Å². The van der Waals surface area contributed by atoms with Gasteiger partial charge >= 0.3 is 6.18 Å². The van der Waals surface area contributed by atoms with E-state index in [1.807, 2.05) is 37.3 Å². The van der Waals surface area contributed by atoms with Crippen molar-refractivity contribution in [2.45, 2.75) is 38.3 Å². The molecule has 1 aliphatic carbocycles. The maximum Gasteiger partial charge on any atom is 0.416 e. The highest BCUT2D eigenvalue weighted by Crippen LogP contribution is 2.44. The molecule has 2 nitrogen and oxygen atoms in total. The van der Waals surface area contributed by atoms with Crippen LogP contribution in [-0.4, -0.2) is 12.8 Å². The quantitative estimate of drug-likeness (QED) is 0.266. The van der Waals surface area contributed by atoms with Crippen LogP contribution < -0.4 is 5.32 Å². The van der Waals surface area contributed by atoms with Gasteiger partial charge in [0.15, 0.2) is 0 Å². The van der Waals surface area contributed by atoms with Crippen molar-refractivity contribution in [1.82, 2.24) is 5.32 Å². The molecule has 0 fully saturated rings. The summed E-state index contributed by atoms with van der Waals surface area (Å²) in [7, 11) is 1.80. The molecular formula is C29H30ClF3N2. The fourth-order valence-corrected chi connectivity index (χ4v) is 4.99. The highest BCUT2D eigenvalue weighted by molar-refractivity contribution is 6.30. The van der Waals surface area contributed by atoms with Crippen molar-refractivity contribution in [2.75, 3.05) is 7.05 Å². The SMILES string of the molecule is C=C=C(NC)C(C)(C(=N)[C@@H](CCc1ccc(C(F)(F)F)cc1)c1cccc(Cl)c1)C1C=CC=CC1. The molecule has 0 bridgehead atoms. The van der Waals surface area contributed by atoms with Crippen molar-refractivity contribution < 1.29 is 13.2 Å². The maximum absolute atomic E-state index is 13.0. The van der Waals surface area contributed by atoms with Crippen LogP contribution in [0.5, 0.6) is 0 Å². The molecule has 0 saturated heterocycles. The van der Waals surface area contributed by atoms with Crippen molar-refractivity contribution >= 4 is 17.3 Å². The number of rotatable bonds is 9. The summed E-state index contributed by atoms with van der Waals surface area (Å²) in [5.74, 6) is -0.290. The van der Waals surface area contributed by atoms with Gasteiger partial charge in [-0.25, -0.2) is 0 Å². The molecule has 3 atom stereocenters. The fraction of sp³-hybridized carbons (Fsp3) is 0.310. The number of allylic oxidation sites excluding steroid dienone is 5. The standard InChI is InChI=1S/C29H30ClF3N2/c1-4-26(35-3)28(2,22-10-6-5-7-11-22)27(34)25(21-9-8-12-24(30)19-21)18-15-20-13-16-23(17-14-20)29(31,32)33/h5-10,12-14,16-17,19,22,25,34-35H,1,11,15,18H2,2-3H3/t22?,25-,28?/m0/s1. The minimum Gasteiger partial charge on any atom is -0.384 e. The van der Waals surface area contributed by atoms with Gasteiger partial charge in [-0.15, -0.1) is 5.73 Å². The van der Waals surface area contributed by atoms with Crippen LogP contribution in [0.1, 0.15) is 42.4 Å². The number of hydrogen-bond donors (Lipinski definition) is 2. The van der Waals surface area contributed by atoms with Crippen LogP contribution in [-0.2, 0) is 12.6 Å². The Bertz CT molecular complexity index is 1160. The molecule has 0 saturated carbocycles. The molecule has 0 heterocycles. The molecule has 35 heavy (non-hydrogen) atoms. The van der Waals surface area contributed by atoms with Gasteiger partial charge in [0.1, 0.15) is 0 Å².